The number of nitrogens with one attached hydrogen (secondary N) is 1. The van der Waals surface area contributed by atoms with E-state index in [1.165, 1.54) is 12.3 Å². The van der Waals surface area contributed by atoms with Gasteiger partial charge in [0.1, 0.15) is 4.90 Å². The van der Waals surface area contributed by atoms with E-state index in [1.807, 2.05) is 0 Å². The molecule has 1 heterocycles. The van der Waals surface area contributed by atoms with Crippen LogP contribution < -0.4 is 4.72 Å². The van der Waals surface area contributed by atoms with E-state index in [-0.39, 0.29) is 10.7 Å². The maximum Gasteiger partial charge on any atom is 0.264 e. The van der Waals surface area contributed by atoms with Gasteiger partial charge in [0.25, 0.3) is 10.0 Å². The number of hydrogen-bond donors (Lipinski definition) is 1. The highest BCUT2D eigenvalue weighted by atomic mass is 79.9. The SMILES string of the molecule is O=S(=O)(Nc1ncccc1Br)c1ccccc1Br. The summed E-state index contributed by atoms with van der Waals surface area (Å²) in [5.41, 5.74) is 0. The van der Waals surface area contributed by atoms with Crippen LogP contribution in [0.3, 0.4) is 0 Å². The number of sulfonamides is 1. The molecule has 2 rings (SSSR count). The minimum atomic E-state index is -3.66. The van der Waals surface area contributed by atoms with Crippen molar-refractivity contribution in [1.29, 1.82) is 0 Å². The Morgan fingerprint density at radius 3 is 2.33 bits per heavy atom. The van der Waals surface area contributed by atoms with Crippen LogP contribution in [0.25, 0.3) is 0 Å². The molecule has 94 valence electrons. The Morgan fingerprint density at radius 2 is 1.67 bits per heavy atom. The molecule has 0 radical (unpaired) electrons. The molecule has 0 saturated heterocycles. The third-order valence-corrected chi connectivity index (χ3v) is 5.11. The number of pyridine rings is 1. The van der Waals surface area contributed by atoms with Crippen LogP contribution in [0.4, 0.5) is 5.82 Å². The smallest absolute Gasteiger partial charge is 0.262 e. The zero-order chi connectivity index (χ0) is 13.2. The minimum absolute atomic E-state index is 0.169. The lowest BCUT2D eigenvalue weighted by Crippen LogP contribution is -2.14. The normalized spacial score (nSPS) is 11.2. The van der Waals surface area contributed by atoms with Crippen molar-refractivity contribution in [3.63, 3.8) is 0 Å². The quantitative estimate of drug-likeness (QED) is 0.872. The third kappa shape index (κ3) is 2.90. The predicted molar refractivity (Wildman–Crippen MR) is 76.9 cm³/mol. The van der Waals surface area contributed by atoms with Crippen LogP contribution in [0.5, 0.6) is 0 Å². The van der Waals surface area contributed by atoms with Gasteiger partial charge in [-0.25, -0.2) is 13.4 Å². The van der Waals surface area contributed by atoms with Crippen LogP contribution >= 0.6 is 31.9 Å². The van der Waals surface area contributed by atoms with Crippen LogP contribution in [-0.4, -0.2) is 13.4 Å². The van der Waals surface area contributed by atoms with Crippen LogP contribution in [0.2, 0.25) is 0 Å². The van der Waals surface area contributed by atoms with Gasteiger partial charge in [0.15, 0.2) is 5.82 Å². The van der Waals surface area contributed by atoms with Crippen LogP contribution in [-0.2, 0) is 10.0 Å². The molecule has 0 unspecified atom stereocenters. The molecule has 0 spiro atoms. The fraction of sp³-hybridized carbons (Fsp3) is 0. The largest absolute Gasteiger partial charge is 0.264 e. The Bertz CT molecular complexity index is 674. The van der Waals surface area contributed by atoms with Crippen LogP contribution in [0.1, 0.15) is 0 Å². The Balaban J connectivity index is 2.40. The van der Waals surface area contributed by atoms with Crippen molar-refractivity contribution in [2.75, 3.05) is 4.72 Å². The standard InChI is InChI=1S/C11H8Br2N2O2S/c12-8-4-1-2-6-10(8)18(16,17)15-11-9(13)5-3-7-14-11/h1-7H,(H,14,15). The molecule has 0 amide bonds. The first kappa shape index (κ1) is 13.5. The summed E-state index contributed by atoms with van der Waals surface area (Å²) in [4.78, 5) is 4.14. The fourth-order valence-corrected chi connectivity index (χ4v) is 3.82. The van der Waals surface area contributed by atoms with Crippen molar-refractivity contribution in [1.82, 2.24) is 4.98 Å². The van der Waals surface area contributed by atoms with Crippen molar-refractivity contribution in [2.45, 2.75) is 4.90 Å². The van der Waals surface area contributed by atoms with E-state index in [0.29, 0.717) is 8.95 Å². The van der Waals surface area contributed by atoms with E-state index >= 15 is 0 Å². The van der Waals surface area contributed by atoms with Crippen molar-refractivity contribution < 1.29 is 8.42 Å². The number of anilines is 1. The maximum atomic E-state index is 12.2. The Morgan fingerprint density at radius 1 is 1.00 bits per heavy atom. The van der Waals surface area contributed by atoms with E-state index < -0.39 is 10.0 Å². The van der Waals surface area contributed by atoms with E-state index in [9.17, 15) is 8.42 Å². The predicted octanol–water partition coefficient (Wildman–Crippen LogP) is 3.41. The van der Waals surface area contributed by atoms with Gasteiger partial charge in [-0.2, -0.15) is 0 Å². The van der Waals surface area contributed by atoms with Crippen LogP contribution in [0, 0.1) is 0 Å². The Kier molecular flexibility index (Phi) is 4.04. The van der Waals surface area contributed by atoms with Crippen molar-refractivity contribution in [3.8, 4) is 0 Å². The Labute approximate surface area is 122 Å². The first-order chi connectivity index (χ1) is 8.50. The van der Waals surface area contributed by atoms with Gasteiger partial charge in [0, 0.05) is 10.7 Å². The lowest BCUT2D eigenvalue weighted by molar-refractivity contribution is 0.600. The van der Waals surface area contributed by atoms with Gasteiger partial charge in [-0.1, -0.05) is 12.1 Å². The van der Waals surface area contributed by atoms with Gasteiger partial charge < -0.3 is 0 Å². The number of nitrogens with zero attached hydrogens (tertiary/aromatic N) is 1. The van der Waals surface area contributed by atoms with Gasteiger partial charge in [0.2, 0.25) is 0 Å². The molecule has 1 N–H and O–H groups in total. The van der Waals surface area contributed by atoms with Crippen molar-refractivity contribution in [2.24, 2.45) is 0 Å². The second-order valence-electron chi connectivity index (χ2n) is 3.37. The number of halogens is 2. The zero-order valence-corrected chi connectivity index (χ0v) is 13.0. The lowest BCUT2D eigenvalue weighted by atomic mass is 10.4. The lowest BCUT2D eigenvalue weighted by Gasteiger charge is -2.09. The molecule has 0 atom stereocenters. The Hall–Kier alpha value is -0.920. The minimum Gasteiger partial charge on any atom is -0.262 e. The number of aromatic nitrogens is 1. The molecule has 0 aliphatic carbocycles. The summed E-state index contributed by atoms with van der Waals surface area (Å²) in [6.45, 7) is 0. The zero-order valence-electron chi connectivity index (χ0n) is 8.97. The summed E-state index contributed by atoms with van der Waals surface area (Å²) in [5, 5.41) is 0. The van der Waals surface area contributed by atoms with Crippen LogP contribution in [0.15, 0.2) is 56.4 Å². The van der Waals surface area contributed by atoms with E-state index in [0.717, 1.165) is 0 Å². The van der Waals surface area contributed by atoms with Gasteiger partial charge in [-0.15, -0.1) is 0 Å². The fourth-order valence-electron chi connectivity index (χ4n) is 1.31. The van der Waals surface area contributed by atoms with Crippen molar-refractivity contribution >= 4 is 47.7 Å². The second-order valence-corrected chi connectivity index (χ2v) is 6.73. The van der Waals surface area contributed by atoms with Gasteiger partial charge in [-0.3, -0.25) is 4.72 Å². The summed E-state index contributed by atoms with van der Waals surface area (Å²) >= 11 is 6.45. The van der Waals surface area contributed by atoms with Gasteiger partial charge in [0.05, 0.1) is 4.47 Å². The number of hydrogen-bond acceptors (Lipinski definition) is 3. The molecule has 0 fully saturated rings. The summed E-state index contributed by atoms with van der Waals surface area (Å²) in [6.07, 6.45) is 1.52. The molecular weight excluding hydrogens is 384 g/mol. The molecule has 0 aliphatic rings. The number of rotatable bonds is 3. The molecule has 0 bridgehead atoms. The summed E-state index contributed by atoms with van der Waals surface area (Å²) in [7, 11) is -3.66. The highest BCUT2D eigenvalue weighted by Gasteiger charge is 2.18. The number of benzene rings is 1. The third-order valence-electron chi connectivity index (χ3n) is 2.12. The molecule has 18 heavy (non-hydrogen) atoms. The molecule has 0 aliphatic heterocycles. The highest BCUT2D eigenvalue weighted by molar-refractivity contribution is 9.11. The average Bonchev–Trinajstić information content (AvgIpc) is 2.32. The first-order valence-electron chi connectivity index (χ1n) is 4.88. The molecule has 1 aromatic heterocycles. The average molecular weight is 392 g/mol. The van der Waals surface area contributed by atoms with Crippen molar-refractivity contribution in [3.05, 3.63) is 51.5 Å². The van der Waals surface area contributed by atoms with E-state index in [1.54, 1.807) is 30.3 Å². The molecule has 2 aromatic rings. The topological polar surface area (TPSA) is 59.1 Å². The summed E-state index contributed by atoms with van der Waals surface area (Å²) in [5.74, 6) is 0.258. The van der Waals surface area contributed by atoms with Gasteiger partial charge in [-0.05, 0) is 56.1 Å². The second kappa shape index (κ2) is 5.38. The van der Waals surface area contributed by atoms with E-state index in [4.69, 9.17) is 0 Å². The summed E-state index contributed by atoms with van der Waals surface area (Å²) < 4.78 is 27.9. The summed E-state index contributed by atoms with van der Waals surface area (Å²) in [6, 6.07) is 10.0. The molecular formula is C11H8Br2N2O2S. The molecule has 7 heteroatoms. The van der Waals surface area contributed by atoms with Gasteiger partial charge >= 0.3 is 0 Å². The van der Waals surface area contributed by atoms with E-state index in [2.05, 4.69) is 41.6 Å². The highest BCUT2D eigenvalue weighted by Crippen LogP contribution is 2.25. The maximum absolute atomic E-state index is 12.2. The molecule has 1 aromatic carbocycles. The monoisotopic (exact) mass is 390 g/mol. The molecule has 0 saturated carbocycles. The molecule has 4 nitrogen and oxygen atoms in total. The first-order valence-corrected chi connectivity index (χ1v) is 7.95.